The number of nitrogens with zero attached hydrogens (tertiary/aromatic N) is 2. The lowest BCUT2D eigenvalue weighted by atomic mass is 9.97. The van der Waals surface area contributed by atoms with E-state index in [1.165, 1.54) is 25.0 Å². The fourth-order valence-corrected chi connectivity index (χ4v) is 3.31. The summed E-state index contributed by atoms with van der Waals surface area (Å²) in [6, 6.07) is 13.5. The maximum atomic E-state index is 13.3. The molecule has 0 atom stereocenters. The van der Waals surface area contributed by atoms with Gasteiger partial charge < -0.3 is 4.90 Å². The fourth-order valence-electron chi connectivity index (χ4n) is 3.31. The average molecular weight is 344 g/mol. The number of benzodiazepines with no additional fused rings is 1. The predicted molar refractivity (Wildman–Crippen MR) is 93.3 cm³/mol. The molecule has 0 bridgehead atoms. The van der Waals surface area contributed by atoms with Crippen molar-refractivity contribution in [1.29, 1.82) is 0 Å². The average Bonchev–Trinajstić information content (AvgIpc) is 3.42. The van der Waals surface area contributed by atoms with Crippen molar-refractivity contribution in [3.05, 3.63) is 65.2 Å². The molecule has 0 aromatic heterocycles. The Bertz CT molecular complexity index is 792. The van der Waals surface area contributed by atoms with Crippen LogP contribution in [0.25, 0.3) is 0 Å². The highest BCUT2D eigenvalue weighted by Gasteiger charge is 2.33. The van der Waals surface area contributed by atoms with Gasteiger partial charge in [-0.1, -0.05) is 30.3 Å². The van der Waals surface area contributed by atoms with Crippen LogP contribution in [0.3, 0.4) is 0 Å². The zero-order valence-electron chi connectivity index (χ0n) is 13.8. The Morgan fingerprint density at radius 1 is 1.04 bits per heavy atom. The molecule has 1 fully saturated rings. The van der Waals surface area contributed by atoms with E-state index in [0.717, 1.165) is 24.3 Å². The van der Waals surface area contributed by atoms with Crippen LogP contribution in [0.2, 0.25) is 0 Å². The van der Waals surface area contributed by atoms with Crippen molar-refractivity contribution in [3.63, 3.8) is 0 Å². The van der Waals surface area contributed by atoms with E-state index in [0.29, 0.717) is 23.7 Å². The van der Waals surface area contributed by atoms with E-state index >= 15 is 0 Å². The molecule has 1 aliphatic carbocycles. The monoisotopic (exact) mass is 344 g/mol. The van der Waals surface area contributed by atoms with E-state index in [9.17, 15) is 13.2 Å². The minimum atomic E-state index is -4.36. The Morgan fingerprint density at radius 2 is 1.80 bits per heavy atom. The fraction of sp³-hybridized carbons (Fsp3) is 0.350. The summed E-state index contributed by atoms with van der Waals surface area (Å²) in [5.41, 5.74) is 2.33. The smallest absolute Gasteiger partial charge is 0.369 e. The van der Waals surface area contributed by atoms with Crippen molar-refractivity contribution >= 4 is 11.4 Å². The highest BCUT2D eigenvalue weighted by atomic mass is 19.4. The van der Waals surface area contributed by atoms with Crippen LogP contribution in [-0.2, 0) is 6.18 Å². The lowest BCUT2D eigenvalue weighted by molar-refractivity contribution is -0.137. The third-order valence-corrected chi connectivity index (χ3v) is 4.78. The van der Waals surface area contributed by atoms with Gasteiger partial charge in [0.1, 0.15) is 0 Å². The number of hydrogen-bond acceptors (Lipinski definition) is 2. The highest BCUT2D eigenvalue weighted by molar-refractivity contribution is 6.16. The van der Waals surface area contributed by atoms with Crippen molar-refractivity contribution in [2.24, 2.45) is 10.9 Å². The maximum Gasteiger partial charge on any atom is 0.416 e. The van der Waals surface area contributed by atoms with Gasteiger partial charge in [-0.05, 0) is 37.0 Å². The van der Waals surface area contributed by atoms with Gasteiger partial charge in [-0.3, -0.25) is 4.99 Å². The van der Waals surface area contributed by atoms with Gasteiger partial charge in [0.05, 0.1) is 17.8 Å². The number of halogens is 3. The minimum Gasteiger partial charge on any atom is -0.369 e. The second-order valence-corrected chi connectivity index (χ2v) is 6.72. The molecular weight excluding hydrogens is 325 g/mol. The van der Waals surface area contributed by atoms with E-state index in [-0.39, 0.29) is 0 Å². The topological polar surface area (TPSA) is 15.6 Å². The van der Waals surface area contributed by atoms with Crippen molar-refractivity contribution in [2.45, 2.75) is 19.0 Å². The first-order valence-corrected chi connectivity index (χ1v) is 8.59. The summed E-state index contributed by atoms with van der Waals surface area (Å²) in [5, 5.41) is 0. The van der Waals surface area contributed by atoms with Gasteiger partial charge in [-0.25, -0.2) is 0 Å². The molecule has 2 nitrogen and oxygen atoms in total. The molecule has 4 rings (SSSR count). The van der Waals surface area contributed by atoms with Crippen LogP contribution < -0.4 is 4.90 Å². The molecule has 2 aromatic rings. The van der Waals surface area contributed by atoms with Gasteiger partial charge in [0.15, 0.2) is 0 Å². The molecule has 0 radical (unpaired) electrons. The summed E-state index contributed by atoms with van der Waals surface area (Å²) in [7, 11) is 0. The third-order valence-electron chi connectivity index (χ3n) is 4.78. The first-order valence-electron chi connectivity index (χ1n) is 8.59. The molecule has 2 aliphatic rings. The normalized spacial score (nSPS) is 17.7. The number of fused-ring (bicyclic) bond motifs is 1. The molecule has 0 unspecified atom stereocenters. The summed E-state index contributed by atoms with van der Waals surface area (Å²) in [4.78, 5) is 6.84. The predicted octanol–water partition coefficient (Wildman–Crippen LogP) is 4.77. The molecule has 0 N–H and O–H groups in total. The number of aliphatic imine (C=N–C) groups is 1. The molecule has 0 spiro atoms. The van der Waals surface area contributed by atoms with Gasteiger partial charge in [0.25, 0.3) is 0 Å². The van der Waals surface area contributed by atoms with Crippen LogP contribution in [0.4, 0.5) is 18.9 Å². The first kappa shape index (κ1) is 16.2. The van der Waals surface area contributed by atoms with Crippen LogP contribution in [-0.4, -0.2) is 25.3 Å². The largest absolute Gasteiger partial charge is 0.416 e. The molecule has 0 saturated heterocycles. The van der Waals surface area contributed by atoms with Crippen LogP contribution in [0.1, 0.15) is 29.5 Å². The number of hydrogen-bond donors (Lipinski definition) is 0. The van der Waals surface area contributed by atoms with E-state index < -0.39 is 11.7 Å². The van der Waals surface area contributed by atoms with Crippen molar-refractivity contribution in [1.82, 2.24) is 0 Å². The van der Waals surface area contributed by atoms with Gasteiger partial charge in [-0.2, -0.15) is 13.2 Å². The summed E-state index contributed by atoms with van der Waals surface area (Å²) in [6.07, 6.45) is -1.94. The molecule has 1 heterocycles. The molecule has 1 saturated carbocycles. The van der Waals surface area contributed by atoms with Crippen LogP contribution in [0.15, 0.2) is 53.5 Å². The zero-order valence-corrected chi connectivity index (χ0v) is 13.8. The van der Waals surface area contributed by atoms with Gasteiger partial charge in [-0.15, -0.1) is 0 Å². The molecule has 5 heteroatoms. The molecule has 2 aromatic carbocycles. The summed E-state index contributed by atoms with van der Waals surface area (Å²) >= 11 is 0. The number of alkyl halides is 3. The maximum absolute atomic E-state index is 13.3. The Morgan fingerprint density at radius 3 is 2.48 bits per heavy atom. The van der Waals surface area contributed by atoms with Crippen molar-refractivity contribution in [3.8, 4) is 0 Å². The lowest BCUT2D eigenvalue weighted by Gasteiger charge is -2.25. The number of rotatable bonds is 3. The van der Waals surface area contributed by atoms with E-state index in [4.69, 9.17) is 0 Å². The molecule has 0 amide bonds. The molecular formula is C20H19F3N2. The van der Waals surface area contributed by atoms with Gasteiger partial charge in [0, 0.05) is 29.9 Å². The van der Waals surface area contributed by atoms with Crippen molar-refractivity contribution in [2.75, 3.05) is 24.5 Å². The van der Waals surface area contributed by atoms with Crippen LogP contribution in [0.5, 0.6) is 0 Å². The number of anilines is 1. The molecule has 130 valence electrons. The Balaban J connectivity index is 1.82. The Labute approximate surface area is 145 Å². The molecule has 1 aliphatic heterocycles. The van der Waals surface area contributed by atoms with Crippen LogP contribution >= 0.6 is 0 Å². The summed E-state index contributed by atoms with van der Waals surface area (Å²) in [6.45, 7) is 2.23. The minimum absolute atomic E-state index is 0.583. The number of benzene rings is 2. The standard InChI is InChI=1S/C20H19F3N2/c21-20(22,23)16-8-9-18-17(12-16)19(15-4-2-1-3-5-15)24-10-11-25(18)13-14-6-7-14/h1-5,8-9,12,14H,6-7,10-11,13H2. The second kappa shape index (κ2) is 6.21. The highest BCUT2D eigenvalue weighted by Crippen LogP contribution is 2.37. The summed E-state index contributed by atoms with van der Waals surface area (Å²) in [5.74, 6) is 0.661. The first-order chi connectivity index (χ1) is 12.0. The van der Waals surface area contributed by atoms with E-state index in [1.54, 1.807) is 6.07 Å². The van der Waals surface area contributed by atoms with Crippen molar-refractivity contribution < 1.29 is 13.2 Å². The van der Waals surface area contributed by atoms with Gasteiger partial charge >= 0.3 is 6.18 Å². The quantitative estimate of drug-likeness (QED) is 0.783. The zero-order chi connectivity index (χ0) is 17.4. The lowest BCUT2D eigenvalue weighted by Crippen LogP contribution is -2.28. The molecule has 25 heavy (non-hydrogen) atoms. The van der Waals surface area contributed by atoms with E-state index in [1.807, 2.05) is 30.3 Å². The van der Waals surface area contributed by atoms with Crippen LogP contribution in [0, 0.1) is 5.92 Å². The van der Waals surface area contributed by atoms with Gasteiger partial charge in [0.2, 0.25) is 0 Å². The Hall–Kier alpha value is -2.30. The summed E-state index contributed by atoms with van der Waals surface area (Å²) < 4.78 is 39.8. The second-order valence-electron chi connectivity index (χ2n) is 6.72. The Kier molecular flexibility index (Phi) is 4.02. The SMILES string of the molecule is FC(F)(F)c1ccc2c(c1)C(c1ccccc1)=NCCN2CC1CC1. The van der Waals surface area contributed by atoms with E-state index in [2.05, 4.69) is 9.89 Å². The third kappa shape index (κ3) is 3.41.